The lowest BCUT2D eigenvalue weighted by molar-refractivity contribution is 0.590. The molecule has 0 unspecified atom stereocenters. The van der Waals surface area contributed by atoms with Crippen LogP contribution in [0.1, 0.15) is 26.3 Å². The van der Waals surface area contributed by atoms with Crippen LogP contribution in [0.25, 0.3) is 87.2 Å². The van der Waals surface area contributed by atoms with Gasteiger partial charge < -0.3 is 0 Å². The highest BCUT2D eigenvalue weighted by Gasteiger charge is 2.22. The Bertz CT molecular complexity index is 2750. The van der Waals surface area contributed by atoms with Gasteiger partial charge in [0.25, 0.3) is 0 Å². The van der Waals surface area contributed by atoms with E-state index in [1.54, 1.807) is 24.3 Å². The van der Waals surface area contributed by atoms with Crippen LogP contribution in [-0.2, 0) is 5.41 Å². The lowest BCUT2D eigenvalue weighted by atomic mass is 9.82. The third-order valence-electron chi connectivity index (χ3n) is 10.2. The van der Waals surface area contributed by atoms with Gasteiger partial charge >= 0.3 is 0 Å². The molecule has 49 heavy (non-hydrogen) atoms. The van der Waals surface area contributed by atoms with E-state index in [4.69, 9.17) is 0 Å². The number of hydrogen-bond donors (Lipinski definition) is 0. The topological polar surface area (TPSA) is 0 Å². The Morgan fingerprint density at radius 2 is 1.00 bits per heavy atom. The van der Waals surface area contributed by atoms with Crippen LogP contribution in [0.4, 0.5) is 13.2 Å². The van der Waals surface area contributed by atoms with E-state index < -0.39 is 0 Å². The second kappa shape index (κ2) is 10.7. The van der Waals surface area contributed by atoms with Gasteiger partial charge in [-0.3, -0.25) is 0 Å². The Labute approximate surface area is 282 Å². The van der Waals surface area contributed by atoms with Crippen molar-refractivity contribution in [1.82, 2.24) is 0 Å². The van der Waals surface area contributed by atoms with E-state index in [9.17, 15) is 4.39 Å². The first-order valence-electron chi connectivity index (χ1n) is 16.6. The molecule has 0 atom stereocenters. The molecule has 0 N–H and O–H groups in total. The second-order valence-electron chi connectivity index (χ2n) is 14.1. The fourth-order valence-electron chi connectivity index (χ4n) is 7.83. The number of hydrogen-bond acceptors (Lipinski definition) is 0. The van der Waals surface area contributed by atoms with E-state index in [0.29, 0.717) is 5.39 Å². The standard InChI is InChI=1S/C46H31F3/c1-46(2,3)29-14-8-26(9-15-29)32-19-12-28-13-20-36-35(22-23-38-41(49)25-40(32)43(28)45(36)38)44-34-7-5-4-6-33(34)42(27-10-16-30(47)17-11-27)39-24-31(48)18-21-37(39)44/h4-25H,1-3H3. The van der Waals surface area contributed by atoms with Gasteiger partial charge in [0.15, 0.2) is 0 Å². The molecule has 0 radical (unpaired) electrons. The monoisotopic (exact) mass is 640 g/mol. The van der Waals surface area contributed by atoms with Crippen molar-refractivity contribution in [2.45, 2.75) is 26.2 Å². The van der Waals surface area contributed by atoms with Gasteiger partial charge in [-0.25, -0.2) is 13.2 Å². The molecule has 0 aliphatic carbocycles. The van der Waals surface area contributed by atoms with Crippen LogP contribution in [-0.4, -0.2) is 0 Å². The largest absolute Gasteiger partial charge is 0.207 e. The number of fused-ring (bicyclic) bond motifs is 2. The summed E-state index contributed by atoms with van der Waals surface area (Å²) in [5.74, 6) is -0.942. The van der Waals surface area contributed by atoms with Crippen LogP contribution in [0.3, 0.4) is 0 Å². The molecule has 0 saturated carbocycles. The summed E-state index contributed by atoms with van der Waals surface area (Å²) in [6.45, 7) is 6.60. The van der Waals surface area contributed by atoms with Crippen molar-refractivity contribution in [2.24, 2.45) is 0 Å². The zero-order chi connectivity index (χ0) is 33.6. The summed E-state index contributed by atoms with van der Waals surface area (Å²) in [5, 5.41) is 8.83. The second-order valence-corrected chi connectivity index (χ2v) is 14.1. The van der Waals surface area contributed by atoms with E-state index in [2.05, 4.69) is 75.4 Å². The molecular formula is C46H31F3. The van der Waals surface area contributed by atoms with Crippen molar-refractivity contribution in [2.75, 3.05) is 0 Å². The molecule has 0 aromatic heterocycles. The molecule has 0 spiro atoms. The van der Waals surface area contributed by atoms with Crippen LogP contribution >= 0.6 is 0 Å². The summed E-state index contributed by atoms with van der Waals surface area (Å²) in [5.41, 5.74) is 6.85. The summed E-state index contributed by atoms with van der Waals surface area (Å²) in [6.07, 6.45) is 0. The summed E-state index contributed by atoms with van der Waals surface area (Å²) in [7, 11) is 0. The van der Waals surface area contributed by atoms with Crippen molar-refractivity contribution < 1.29 is 13.2 Å². The van der Waals surface area contributed by atoms with Crippen molar-refractivity contribution in [3.05, 3.63) is 156 Å². The van der Waals surface area contributed by atoms with Crippen molar-refractivity contribution in [3.8, 4) is 33.4 Å². The zero-order valence-corrected chi connectivity index (χ0v) is 27.3. The summed E-state index contributed by atoms with van der Waals surface area (Å²) in [6, 6.07) is 41.9. The van der Waals surface area contributed by atoms with Crippen LogP contribution in [0.2, 0.25) is 0 Å². The highest BCUT2D eigenvalue weighted by molar-refractivity contribution is 6.30. The molecule has 9 rings (SSSR count). The van der Waals surface area contributed by atoms with Crippen LogP contribution in [0.5, 0.6) is 0 Å². The first-order chi connectivity index (χ1) is 23.7. The lowest BCUT2D eigenvalue weighted by Crippen LogP contribution is -2.10. The van der Waals surface area contributed by atoms with Gasteiger partial charge in [-0.15, -0.1) is 0 Å². The first kappa shape index (κ1) is 29.5. The molecule has 9 aromatic carbocycles. The van der Waals surface area contributed by atoms with Crippen molar-refractivity contribution in [1.29, 1.82) is 0 Å². The Morgan fingerprint density at radius 1 is 0.408 bits per heavy atom. The molecule has 236 valence electrons. The minimum absolute atomic E-state index is 0.0288. The fraction of sp³-hybridized carbons (Fsp3) is 0.0870. The normalized spacial score (nSPS) is 12.3. The average Bonchev–Trinajstić information content (AvgIpc) is 3.10. The quantitative estimate of drug-likeness (QED) is 0.133. The Kier molecular flexibility index (Phi) is 6.42. The molecule has 0 amide bonds. The van der Waals surface area contributed by atoms with Gasteiger partial charge in [0.05, 0.1) is 0 Å². The minimum Gasteiger partial charge on any atom is -0.207 e. The van der Waals surface area contributed by atoms with Crippen molar-refractivity contribution in [3.63, 3.8) is 0 Å². The van der Waals surface area contributed by atoms with E-state index >= 15 is 8.78 Å². The predicted octanol–water partition coefficient (Wildman–Crippen LogP) is 13.6. The van der Waals surface area contributed by atoms with E-state index in [-0.39, 0.29) is 22.9 Å². The smallest absolute Gasteiger partial charge is 0.131 e. The maximum absolute atomic E-state index is 16.2. The maximum atomic E-state index is 16.2. The first-order valence-corrected chi connectivity index (χ1v) is 16.6. The number of halogens is 3. The van der Waals surface area contributed by atoms with Gasteiger partial charge in [-0.05, 0) is 118 Å². The van der Waals surface area contributed by atoms with E-state index in [1.807, 2.05) is 36.4 Å². The third-order valence-corrected chi connectivity index (χ3v) is 10.2. The Balaban J connectivity index is 1.38. The molecule has 0 aliphatic heterocycles. The van der Waals surface area contributed by atoms with Crippen LogP contribution in [0.15, 0.2) is 133 Å². The summed E-state index contributed by atoms with van der Waals surface area (Å²) >= 11 is 0. The zero-order valence-electron chi connectivity index (χ0n) is 27.3. The molecule has 0 nitrogen and oxygen atoms in total. The number of rotatable bonds is 3. The van der Waals surface area contributed by atoms with Crippen molar-refractivity contribution >= 4 is 53.9 Å². The van der Waals surface area contributed by atoms with E-state index in [1.165, 1.54) is 23.8 Å². The van der Waals surface area contributed by atoms with Gasteiger partial charge in [0, 0.05) is 10.8 Å². The molecule has 9 aromatic rings. The van der Waals surface area contributed by atoms with E-state index in [0.717, 1.165) is 81.9 Å². The molecule has 3 heteroatoms. The highest BCUT2D eigenvalue weighted by atomic mass is 19.1. The molecule has 0 saturated heterocycles. The molecule has 0 heterocycles. The number of benzene rings is 9. The summed E-state index contributed by atoms with van der Waals surface area (Å²) < 4.78 is 45.3. The van der Waals surface area contributed by atoms with Gasteiger partial charge in [0.2, 0.25) is 0 Å². The van der Waals surface area contributed by atoms with Gasteiger partial charge in [-0.1, -0.05) is 124 Å². The lowest BCUT2D eigenvalue weighted by Gasteiger charge is -2.21. The van der Waals surface area contributed by atoms with Gasteiger partial charge in [-0.2, -0.15) is 0 Å². The fourth-order valence-corrected chi connectivity index (χ4v) is 7.83. The Morgan fingerprint density at radius 3 is 1.73 bits per heavy atom. The molecule has 0 fully saturated rings. The minimum atomic E-state index is -0.349. The maximum Gasteiger partial charge on any atom is 0.131 e. The average molecular weight is 641 g/mol. The predicted molar refractivity (Wildman–Crippen MR) is 200 cm³/mol. The van der Waals surface area contributed by atoms with Gasteiger partial charge in [0.1, 0.15) is 17.5 Å². The SMILES string of the molecule is CC(C)(C)c1ccc(-c2ccc3ccc4c(-c5c6ccccc6c(-c6ccc(F)cc6)c6cc(F)ccc56)ccc5c(F)cc2c3c54)cc1. The molecule has 0 bridgehead atoms. The Hall–Kier alpha value is -5.67. The third kappa shape index (κ3) is 4.53. The van der Waals surface area contributed by atoms with Crippen LogP contribution in [0, 0.1) is 17.5 Å². The summed E-state index contributed by atoms with van der Waals surface area (Å²) in [4.78, 5) is 0. The van der Waals surface area contributed by atoms with Crippen LogP contribution < -0.4 is 0 Å². The highest BCUT2D eigenvalue weighted by Crippen LogP contribution is 2.48. The molecular weight excluding hydrogens is 610 g/mol. The molecule has 0 aliphatic rings.